The average molecular weight is 531 g/mol. The van der Waals surface area contributed by atoms with Crippen LogP contribution < -0.4 is 10.0 Å². The number of sulfonamides is 1. The Kier molecular flexibility index (Phi) is 6.29. The highest BCUT2D eigenvalue weighted by Gasteiger charge is 2.29. The smallest absolute Gasteiger partial charge is 0.263 e. The van der Waals surface area contributed by atoms with Crippen molar-refractivity contribution in [3.63, 3.8) is 0 Å². The van der Waals surface area contributed by atoms with Crippen molar-refractivity contribution >= 4 is 71.9 Å². The van der Waals surface area contributed by atoms with Gasteiger partial charge in [0.15, 0.2) is 0 Å². The van der Waals surface area contributed by atoms with Crippen molar-refractivity contribution in [2.75, 3.05) is 10.0 Å². The molecule has 0 bridgehead atoms. The first-order chi connectivity index (χ1) is 16.3. The highest BCUT2D eigenvalue weighted by atomic mass is 35.5. The predicted octanol–water partition coefficient (Wildman–Crippen LogP) is 7.14. The Morgan fingerprint density at radius 1 is 0.912 bits per heavy atom. The molecule has 0 saturated carbocycles. The molecule has 2 N–H and O–H groups in total. The van der Waals surface area contributed by atoms with Gasteiger partial charge in [-0.1, -0.05) is 47.5 Å². The summed E-state index contributed by atoms with van der Waals surface area (Å²) in [7, 11) is -4.02. The molecular formula is C25H20Cl2N2O3S2. The topological polar surface area (TPSA) is 75.3 Å². The maximum Gasteiger partial charge on any atom is 0.263 e. The van der Waals surface area contributed by atoms with E-state index in [0.717, 1.165) is 41.5 Å². The van der Waals surface area contributed by atoms with Gasteiger partial charge in [0.25, 0.3) is 15.9 Å². The molecule has 3 aromatic carbocycles. The van der Waals surface area contributed by atoms with E-state index in [0.29, 0.717) is 31.7 Å². The van der Waals surface area contributed by atoms with Crippen LogP contribution in [0.4, 0.5) is 10.7 Å². The number of thiophene rings is 1. The van der Waals surface area contributed by atoms with Gasteiger partial charge < -0.3 is 5.32 Å². The standard InChI is InChI=1S/C25H20Cl2N2O3S2/c26-16-11-13-17(14-12-16)28-24(30)23-18-7-1-2-9-20(18)33-25(23)29-34(31,32)21-10-4-6-15-5-3-8-19(27)22(15)21/h3-6,8,10-14,29H,1-2,7,9H2,(H,28,30). The summed E-state index contributed by atoms with van der Waals surface area (Å²) >= 11 is 13.7. The third-order valence-electron chi connectivity index (χ3n) is 5.83. The molecule has 0 spiro atoms. The number of fused-ring (bicyclic) bond motifs is 2. The van der Waals surface area contributed by atoms with Gasteiger partial charge in [0.1, 0.15) is 5.00 Å². The molecule has 1 aliphatic carbocycles. The molecule has 5 rings (SSSR count). The lowest BCUT2D eigenvalue weighted by Crippen LogP contribution is -2.19. The molecule has 9 heteroatoms. The summed E-state index contributed by atoms with van der Waals surface area (Å²) < 4.78 is 29.8. The second-order valence-corrected chi connectivity index (χ2v) is 11.7. The summed E-state index contributed by atoms with van der Waals surface area (Å²) in [5, 5.41) is 5.29. The Hall–Kier alpha value is -2.58. The molecule has 1 amide bonds. The van der Waals surface area contributed by atoms with Crippen molar-refractivity contribution in [3.8, 4) is 0 Å². The van der Waals surface area contributed by atoms with Gasteiger partial charge in [-0.3, -0.25) is 9.52 Å². The third kappa shape index (κ3) is 4.41. The molecule has 1 heterocycles. The lowest BCUT2D eigenvalue weighted by molar-refractivity contribution is 0.102. The summed E-state index contributed by atoms with van der Waals surface area (Å²) in [6, 6.07) is 17.1. The quantitative estimate of drug-likeness (QED) is 0.288. The van der Waals surface area contributed by atoms with E-state index < -0.39 is 10.0 Å². The first-order valence-corrected chi connectivity index (χ1v) is 13.8. The summed E-state index contributed by atoms with van der Waals surface area (Å²) in [6.07, 6.45) is 3.52. The van der Waals surface area contributed by atoms with E-state index in [1.54, 1.807) is 42.5 Å². The summed E-state index contributed by atoms with van der Waals surface area (Å²) in [4.78, 5) is 14.5. The second-order valence-electron chi connectivity index (χ2n) is 8.08. The number of halogens is 2. The van der Waals surface area contributed by atoms with Crippen LogP contribution in [-0.4, -0.2) is 14.3 Å². The minimum Gasteiger partial charge on any atom is -0.322 e. The predicted molar refractivity (Wildman–Crippen MR) is 140 cm³/mol. The molecule has 0 unspecified atom stereocenters. The minimum absolute atomic E-state index is 0.0750. The van der Waals surface area contributed by atoms with E-state index in [2.05, 4.69) is 10.0 Å². The van der Waals surface area contributed by atoms with Crippen molar-refractivity contribution < 1.29 is 13.2 Å². The SMILES string of the molecule is O=C(Nc1ccc(Cl)cc1)c1c(NS(=O)(=O)c2cccc3cccc(Cl)c23)sc2c1CCCC2. The van der Waals surface area contributed by atoms with Gasteiger partial charge in [0.05, 0.1) is 10.5 Å². The van der Waals surface area contributed by atoms with Gasteiger partial charge in [0, 0.05) is 26.0 Å². The van der Waals surface area contributed by atoms with E-state index in [-0.39, 0.29) is 10.8 Å². The van der Waals surface area contributed by atoms with Crippen LogP contribution in [0.15, 0.2) is 65.6 Å². The highest BCUT2D eigenvalue weighted by molar-refractivity contribution is 7.93. The molecule has 0 radical (unpaired) electrons. The zero-order valence-electron chi connectivity index (χ0n) is 17.9. The normalized spacial score (nSPS) is 13.5. The number of carbonyl (C=O) groups excluding carboxylic acids is 1. The van der Waals surface area contributed by atoms with Gasteiger partial charge in [-0.25, -0.2) is 8.42 Å². The third-order valence-corrected chi connectivity index (χ3v) is 9.13. The fourth-order valence-electron chi connectivity index (χ4n) is 4.27. The average Bonchev–Trinajstić information content (AvgIpc) is 3.17. The van der Waals surface area contributed by atoms with Crippen LogP contribution >= 0.6 is 34.5 Å². The van der Waals surface area contributed by atoms with Crippen molar-refractivity contribution in [2.24, 2.45) is 0 Å². The summed E-state index contributed by atoms with van der Waals surface area (Å²) in [5.74, 6) is -0.352. The van der Waals surface area contributed by atoms with E-state index in [9.17, 15) is 13.2 Å². The number of carbonyl (C=O) groups is 1. The lowest BCUT2D eigenvalue weighted by Gasteiger charge is -2.14. The minimum atomic E-state index is -4.02. The molecule has 34 heavy (non-hydrogen) atoms. The highest BCUT2D eigenvalue weighted by Crippen LogP contribution is 2.40. The first-order valence-electron chi connectivity index (χ1n) is 10.7. The fourth-order valence-corrected chi connectivity index (χ4v) is 7.58. The molecule has 1 aromatic heterocycles. The van der Waals surface area contributed by atoms with Crippen LogP contribution in [0.2, 0.25) is 10.0 Å². The Bertz CT molecular complexity index is 1510. The maximum atomic E-state index is 13.5. The van der Waals surface area contributed by atoms with Crippen LogP contribution in [-0.2, 0) is 22.9 Å². The molecule has 0 fully saturated rings. The van der Waals surface area contributed by atoms with Crippen LogP contribution in [0, 0.1) is 0 Å². The van der Waals surface area contributed by atoms with Crippen LogP contribution in [0.3, 0.4) is 0 Å². The van der Waals surface area contributed by atoms with E-state index >= 15 is 0 Å². The number of rotatable bonds is 5. The van der Waals surface area contributed by atoms with Crippen molar-refractivity contribution in [1.29, 1.82) is 0 Å². The molecule has 0 saturated heterocycles. The molecular weight excluding hydrogens is 511 g/mol. The Labute approximate surface area is 211 Å². The van der Waals surface area contributed by atoms with E-state index in [1.165, 1.54) is 17.4 Å². The number of benzene rings is 3. The monoisotopic (exact) mass is 530 g/mol. The maximum absolute atomic E-state index is 13.5. The van der Waals surface area contributed by atoms with Crippen molar-refractivity contribution in [3.05, 3.63) is 86.7 Å². The number of amides is 1. The van der Waals surface area contributed by atoms with E-state index in [1.807, 2.05) is 12.1 Å². The van der Waals surface area contributed by atoms with Crippen molar-refractivity contribution in [1.82, 2.24) is 0 Å². The molecule has 4 aromatic rings. The zero-order valence-corrected chi connectivity index (χ0v) is 21.0. The lowest BCUT2D eigenvalue weighted by atomic mass is 9.95. The molecule has 174 valence electrons. The van der Waals surface area contributed by atoms with Gasteiger partial charge in [0.2, 0.25) is 0 Å². The molecule has 0 aliphatic heterocycles. The molecule has 5 nitrogen and oxygen atoms in total. The molecule has 0 atom stereocenters. The van der Waals surface area contributed by atoms with Crippen LogP contribution in [0.1, 0.15) is 33.6 Å². The summed E-state index contributed by atoms with van der Waals surface area (Å²) in [5.41, 5.74) is 1.88. The Morgan fingerprint density at radius 2 is 1.62 bits per heavy atom. The summed E-state index contributed by atoms with van der Waals surface area (Å²) in [6.45, 7) is 0. The number of hydrogen-bond donors (Lipinski definition) is 2. The molecule has 1 aliphatic rings. The zero-order chi connectivity index (χ0) is 23.9. The first kappa shape index (κ1) is 23.2. The Morgan fingerprint density at radius 3 is 2.38 bits per heavy atom. The number of anilines is 2. The van der Waals surface area contributed by atoms with Crippen molar-refractivity contribution in [2.45, 2.75) is 30.6 Å². The number of aryl methyl sites for hydroxylation is 1. The Balaban J connectivity index is 1.56. The van der Waals surface area contributed by atoms with Crippen LogP contribution in [0.25, 0.3) is 10.8 Å². The van der Waals surface area contributed by atoms with Gasteiger partial charge in [-0.2, -0.15) is 0 Å². The fraction of sp³-hybridized carbons (Fsp3) is 0.160. The van der Waals surface area contributed by atoms with Crippen LogP contribution in [0.5, 0.6) is 0 Å². The van der Waals surface area contributed by atoms with Gasteiger partial charge in [-0.15, -0.1) is 11.3 Å². The largest absolute Gasteiger partial charge is 0.322 e. The number of nitrogens with one attached hydrogen (secondary N) is 2. The number of hydrogen-bond acceptors (Lipinski definition) is 4. The van der Waals surface area contributed by atoms with Gasteiger partial charge >= 0.3 is 0 Å². The second kappa shape index (κ2) is 9.23. The van der Waals surface area contributed by atoms with Gasteiger partial charge in [-0.05, 0) is 73.0 Å². The van der Waals surface area contributed by atoms with E-state index in [4.69, 9.17) is 23.2 Å².